The minimum absolute atomic E-state index is 0.00364. The van der Waals surface area contributed by atoms with Gasteiger partial charge in [0.25, 0.3) is 5.91 Å². The molecular formula is C23H27F3N4O4. The van der Waals surface area contributed by atoms with Gasteiger partial charge in [-0.25, -0.2) is 9.97 Å². The van der Waals surface area contributed by atoms with Crippen molar-refractivity contribution >= 4 is 16.8 Å². The van der Waals surface area contributed by atoms with Crippen molar-refractivity contribution in [2.45, 2.75) is 45.5 Å². The van der Waals surface area contributed by atoms with Crippen LogP contribution in [0.5, 0.6) is 5.75 Å². The molecule has 34 heavy (non-hydrogen) atoms. The summed E-state index contributed by atoms with van der Waals surface area (Å²) in [5, 5.41) is 12.6. The summed E-state index contributed by atoms with van der Waals surface area (Å²) >= 11 is 0. The van der Waals surface area contributed by atoms with Gasteiger partial charge in [-0.1, -0.05) is 13.8 Å². The number of nitrogens with two attached hydrogens (primary N) is 1. The highest BCUT2D eigenvalue weighted by Gasteiger charge is 2.33. The zero-order valence-corrected chi connectivity index (χ0v) is 19.2. The maximum Gasteiger partial charge on any atom is 0.433 e. The monoisotopic (exact) mass is 480 g/mol. The van der Waals surface area contributed by atoms with E-state index in [0.717, 1.165) is 6.07 Å². The molecule has 0 radical (unpaired) electrons. The van der Waals surface area contributed by atoms with Crippen LogP contribution in [0.1, 0.15) is 55.2 Å². The first kappa shape index (κ1) is 25.4. The first-order chi connectivity index (χ1) is 16.0. The van der Waals surface area contributed by atoms with Gasteiger partial charge in [0.15, 0.2) is 11.5 Å². The molecule has 0 aliphatic heterocycles. The fourth-order valence-electron chi connectivity index (χ4n) is 3.62. The zero-order chi connectivity index (χ0) is 25.2. The Balaban J connectivity index is 2.10. The van der Waals surface area contributed by atoms with Crippen molar-refractivity contribution in [2.24, 2.45) is 11.7 Å². The van der Waals surface area contributed by atoms with E-state index in [9.17, 15) is 23.1 Å². The zero-order valence-electron chi connectivity index (χ0n) is 19.2. The Labute approximate surface area is 194 Å². The average Bonchev–Trinajstić information content (AvgIpc) is 3.22. The summed E-state index contributed by atoms with van der Waals surface area (Å²) in [6.07, 6.45) is -4.08. The number of methoxy groups -OCH3 is 1. The quantitative estimate of drug-likeness (QED) is 0.444. The second kappa shape index (κ2) is 9.98. The lowest BCUT2D eigenvalue weighted by Gasteiger charge is -2.17. The first-order valence-electron chi connectivity index (χ1n) is 10.7. The highest BCUT2D eigenvalue weighted by atomic mass is 19.4. The van der Waals surface area contributed by atoms with Gasteiger partial charge in [0.05, 0.1) is 25.8 Å². The van der Waals surface area contributed by atoms with Gasteiger partial charge >= 0.3 is 6.18 Å². The predicted molar refractivity (Wildman–Crippen MR) is 119 cm³/mol. The molecule has 11 heteroatoms. The first-order valence-corrected chi connectivity index (χ1v) is 10.7. The molecule has 8 nitrogen and oxygen atoms in total. The number of fused-ring (bicyclic) bond motifs is 1. The van der Waals surface area contributed by atoms with Crippen molar-refractivity contribution in [3.05, 3.63) is 41.4 Å². The van der Waals surface area contributed by atoms with Crippen molar-refractivity contribution in [1.82, 2.24) is 15.3 Å². The maximum absolute atomic E-state index is 13.2. The van der Waals surface area contributed by atoms with Crippen molar-refractivity contribution < 1.29 is 32.2 Å². The SMILES string of the molecule is COc1ccc(-c2nc(C(=O)N[C@H](CO)CC(C)C)c([C@H](C)N)o2)c2ccc(C(F)(F)F)nc12. The average molecular weight is 480 g/mol. The fraction of sp³-hybridized carbons (Fsp3) is 0.435. The molecule has 0 bridgehead atoms. The van der Waals surface area contributed by atoms with Crippen molar-refractivity contribution in [2.75, 3.05) is 13.7 Å². The number of ether oxygens (including phenoxy) is 1. The van der Waals surface area contributed by atoms with Crippen LogP contribution >= 0.6 is 0 Å². The minimum atomic E-state index is -4.63. The number of halogens is 3. The van der Waals surface area contributed by atoms with E-state index in [1.165, 1.54) is 19.2 Å². The van der Waals surface area contributed by atoms with E-state index in [2.05, 4.69) is 15.3 Å². The molecule has 2 aromatic heterocycles. The summed E-state index contributed by atoms with van der Waals surface area (Å²) in [7, 11) is 1.33. The Kier molecular flexibility index (Phi) is 7.47. The number of aliphatic hydroxyl groups excluding tert-OH is 1. The molecule has 3 rings (SSSR count). The van der Waals surface area contributed by atoms with E-state index in [0.29, 0.717) is 17.4 Å². The maximum atomic E-state index is 13.2. The molecule has 3 aromatic rings. The summed E-state index contributed by atoms with van der Waals surface area (Å²) in [4.78, 5) is 21.0. The van der Waals surface area contributed by atoms with Crippen LogP contribution in [0.25, 0.3) is 22.4 Å². The van der Waals surface area contributed by atoms with Gasteiger partial charge in [0, 0.05) is 10.9 Å². The molecule has 1 amide bonds. The van der Waals surface area contributed by atoms with E-state index in [1.807, 2.05) is 13.8 Å². The lowest BCUT2D eigenvalue weighted by atomic mass is 10.0. The second-order valence-corrected chi connectivity index (χ2v) is 8.41. The van der Waals surface area contributed by atoms with Crippen molar-refractivity contribution in [3.8, 4) is 17.2 Å². The standard InChI is InChI=1S/C23H27F3N4O4/c1-11(2)9-13(10-31)28-21(32)19-20(12(3)27)34-22(30-19)15-5-7-16(33-4)18-14(15)6-8-17(29-18)23(24,25)26/h5-8,11-13,31H,9-10,27H2,1-4H3,(H,28,32)/t12-,13-/m0/s1. The van der Waals surface area contributed by atoms with Crippen LogP contribution in [0.3, 0.4) is 0 Å². The van der Waals surface area contributed by atoms with Gasteiger partial charge in [-0.15, -0.1) is 0 Å². The molecule has 4 N–H and O–H groups in total. The van der Waals surface area contributed by atoms with Gasteiger partial charge in [-0.3, -0.25) is 4.79 Å². The molecule has 2 atom stereocenters. The van der Waals surface area contributed by atoms with Crippen LogP contribution in [-0.2, 0) is 6.18 Å². The number of hydrogen-bond acceptors (Lipinski definition) is 7. The Morgan fingerprint density at radius 3 is 2.47 bits per heavy atom. The number of carbonyl (C=O) groups is 1. The highest BCUT2D eigenvalue weighted by Crippen LogP contribution is 2.37. The molecule has 2 heterocycles. The number of oxazole rings is 1. The molecule has 184 valence electrons. The van der Waals surface area contributed by atoms with Gasteiger partial charge in [0.2, 0.25) is 5.89 Å². The Morgan fingerprint density at radius 1 is 1.21 bits per heavy atom. The molecular weight excluding hydrogens is 453 g/mol. The van der Waals surface area contributed by atoms with Crippen molar-refractivity contribution in [1.29, 1.82) is 0 Å². The number of rotatable bonds is 8. The van der Waals surface area contributed by atoms with Crippen LogP contribution in [0.15, 0.2) is 28.7 Å². The van der Waals surface area contributed by atoms with Gasteiger partial charge in [0.1, 0.15) is 17.0 Å². The number of alkyl halides is 3. The van der Waals surface area contributed by atoms with Crippen LogP contribution in [0.4, 0.5) is 13.2 Å². The molecule has 0 unspecified atom stereocenters. The van der Waals surface area contributed by atoms with Gasteiger partial charge < -0.3 is 25.3 Å². The molecule has 0 fully saturated rings. The second-order valence-electron chi connectivity index (χ2n) is 8.41. The third-order valence-electron chi connectivity index (χ3n) is 5.15. The third kappa shape index (κ3) is 5.31. The Bertz CT molecular complexity index is 1170. The van der Waals surface area contributed by atoms with Crippen LogP contribution in [0.2, 0.25) is 0 Å². The topological polar surface area (TPSA) is 124 Å². The number of benzene rings is 1. The summed E-state index contributed by atoms with van der Waals surface area (Å²) in [6.45, 7) is 5.29. The third-order valence-corrected chi connectivity index (χ3v) is 5.15. The molecule has 0 saturated carbocycles. The van der Waals surface area contributed by atoms with Crippen LogP contribution < -0.4 is 15.8 Å². The molecule has 0 aliphatic carbocycles. The van der Waals surface area contributed by atoms with E-state index < -0.39 is 29.9 Å². The molecule has 1 aromatic carbocycles. The van der Waals surface area contributed by atoms with E-state index in [-0.39, 0.29) is 41.1 Å². The minimum Gasteiger partial charge on any atom is -0.494 e. The Hall–Kier alpha value is -3.18. The lowest BCUT2D eigenvalue weighted by molar-refractivity contribution is -0.140. The van der Waals surface area contributed by atoms with Crippen LogP contribution in [0, 0.1) is 5.92 Å². The number of aromatic nitrogens is 2. The highest BCUT2D eigenvalue weighted by molar-refractivity contribution is 5.98. The summed E-state index contributed by atoms with van der Waals surface area (Å²) < 4.78 is 50.6. The summed E-state index contributed by atoms with van der Waals surface area (Å²) in [5.74, 6) is -0.0924. The number of amides is 1. The number of nitrogens with one attached hydrogen (secondary N) is 1. The number of nitrogens with zero attached hydrogens (tertiary/aromatic N) is 2. The molecule has 0 spiro atoms. The van der Waals surface area contributed by atoms with Gasteiger partial charge in [-0.2, -0.15) is 13.2 Å². The van der Waals surface area contributed by atoms with E-state index >= 15 is 0 Å². The summed E-state index contributed by atoms with van der Waals surface area (Å²) in [6, 6.07) is 3.93. The predicted octanol–water partition coefficient (Wildman–Crippen LogP) is 4.07. The van der Waals surface area contributed by atoms with Crippen molar-refractivity contribution in [3.63, 3.8) is 0 Å². The number of hydrogen-bond donors (Lipinski definition) is 3. The number of aliphatic hydroxyl groups is 1. The number of carbonyl (C=O) groups excluding carboxylic acids is 1. The fourth-order valence-corrected chi connectivity index (χ4v) is 3.62. The van der Waals surface area contributed by atoms with Gasteiger partial charge in [-0.05, 0) is 43.5 Å². The lowest BCUT2D eigenvalue weighted by Crippen LogP contribution is -2.39. The molecule has 0 saturated heterocycles. The van der Waals surface area contributed by atoms with Crippen LogP contribution in [-0.4, -0.2) is 40.7 Å². The Morgan fingerprint density at radius 2 is 1.91 bits per heavy atom. The smallest absolute Gasteiger partial charge is 0.433 e. The summed E-state index contributed by atoms with van der Waals surface area (Å²) in [5.41, 5.74) is 5.15. The largest absolute Gasteiger partial charge is 0.494 e. The number of pyridine rings is 1. The molecule has 0 aliphatic rings. The normalized spacial score (nSPS) is 13.8. The van der Waals surface area contributed by atoms with E-state index in [1.54, 1.807) is 13.0 Å². The van der Waals surface area contributed by atoms with E-state index in [4.69, 9.17) is 14.9 Å².